The summed E-state index contributed by atoms with van der Waals surface area (Å²) < 4.78 is 0. The maximum atomic E-state index is 11.8. The van der Waals surface area contributed by atoms with Gasteiger partial charge in [0.25, 0.3) is 5.91 Å². The molecule has 2 rings (SSSR count). The van der Waals surface area contributed by atoms with Crippen molar-refractivity contribution in [1.29, 1.82) is 0 Å². The van der Waals surface area contributed by atoms with Gasteiger partial charge in [-0.2, -0.15) is 0 Å². The average Bonchev–Trinajstić information content (AvgIpc) is 2.52. The topological polar surface area (TPSA) is 46.4 Å². The molecule has 5 heteroatoms. The summed E-state index contributed by atoms with van der Waals surface area (Å²) in [6.45, 7) is 10.8. The fourth-order valence-corrected chi connectivity index (χ4v) is 2.90. The lowest BCUT2D eigenvalue weighted by molar-refractivity contribution is -0.904. The Balaban J connectivity index is 2.27. The number of carbonyl (C=O) groups is 1. The van der Waals surface area contributed by atoms with Gasteiger partial charge >= 0.3 is 0 Å². The summed E-state index contributed by atoms with van der Waals surface area (Å²) in [4.78, 5) is 17.6. The maximum Gasteiger partial charge on any atom is 0.275 e. The first-order valence-electron chi connectivity index (χ1n) is 8.11. The second-order valence-corrected chi connectivity index (χ2v) is 6.29. The van der Waals surface area contributed by atoms with Crippen LogP contribution in [0, 0.1) is 13.8 Å². The van der Waals surface area contributed by atoms with E-state index >= 15 is 0 Å². The average molecular weight is 335 g/mol. The zero-order valence-corrected chi connectivity index (χ0v) is 15.0. The quantitative estimate of drug-likeness (QED) is 0.794. The molecule has 0 aliphatic carbocycles. The number of fused-ring (bicyclic) bond motifs is 1. The Kier molecular flexibility index (Phi) is 5.97. The summed E-state index contributed by atoms with van der Waals surface area (Å²) in [5.41, 5.74) is 4.33. The Hall–Kier alpha value is -1.65. The van der Waals surface area contributed by atoms with E-state index in [1.165, 1.54) is 10.5 Å². The van der Waals surface area contributed by atoms with Gasteiger partial charge in [0.1, 0.15) is 11.7 Å². The number of nitrogens with zero attached hydrogens (tertiary/aromatic N) is 1. The summed E-state index contributed by atoms with van der Waals surface area (Å²) in [6, 6.07) is 6.29. The molecule has 0 fully saturated rings. The second-order valence-electron chi connectivity index (χ2n) is 5.93. The van der Waals surface area contributed by atoms with E-state index in [-0.39, 0.29) is 5.91 Å². The molecule has 1 unspecified atom stereocenters. The molecule has 0 aliphatic heterocycles. The highest BCUT2D eigenvalue weighted by Gasteiger charge is 2.16. The molecule has 1 amide bonds. The molecule has 0 spiro atoms. The van der Waals surface area contributed by atoms with E-state index in [2.05, 4.69) is 49.3 Å². The number of hydrogen-bond donors (Lipinski definition) is 2. The summed E-state index contributed by atoms with van der Waals surface area (Å²) in [5.74, 6) is 0.0701. The van der Waals surface area contributed by atoms with Crippen LogP contribution < -0.4 is 10.2 Å². The molecule has 23 heavy (non-hydrogen) atoms. The third-order valence-corrected chi connectivity index (χ3v) is 4.59. The number of rotatable bonds is 6. The van der Waals surface area contributed by atoms with Gasteiger partial charge in [0.15, 0.2) is 6.54 Å². The molecule has 124 valence electrons. The molecule has 0 aliphatic rings. The normalized spacial score (nSPS) is 12.4. The molecule has 1 heterocycles. The molecular formula is C18H25ClN3O+. The summed E-state index contributed by atoms with van der Waals surface area (Å²) in [7, 11) is 0. The Morgan fingerprint density at radius 2 is 2.04 bits per heavy atom. The minimum Gasteiger partial charge on any atom is -0.351 e. The van der Waals surface area contributed by atoms with Crippen molar-refractivity contribution < 1.29 is 9.69 Å². The lowest BCUT2D eigenvalue weighted by Gasteiger charge is -2.18. The number of aromatic nitrogens is 1. The second kappa shape index (κ2) is 7.75. The number of nitrogens with one attached hydrogen (secondary N) is 2. The van der Waals surface area contributed by atoms with Crippen LogP contribution in [0.1, 0.15) is 30.5 Å². The van der Waals surface area contributed by atoms with Gasteiger partial charge in [0.2, 0.25) is 0 Å². The van der Waals surface area contributed by atoms with Crippen LogP contribution in [0.5, 0.6) is 0 Å². The number of likely N-dealkylation sites (N-methyl/N-ethyl adjacent to an activating group) is 2. The highest BCUT2D eigenvalue weighted by Crippen LogP contribution is 2.24. The van der Waals surface area contributed by atoms with Crippen molar-refractivity contribution in [3.05, 3.63) is 40.0 Å². The molecule has 1 atom stereocenters. The van der Waals surface area contributed by atoms with E-state index < -0.39 is 0 Å². The zero-order valence-electron chi connectivity index (χ0n) is 14.3. The van der Waals surface area contributed by atoms with Crippen molar-refractivity contribution in [2.75, 3.05) is 19.6 Å². The minimum atomic E-state index is 0.0701. The van der Waals surface area contributed by atoms with Gasteiger partial charge in [-0.1, -0.05) is 23.7 Å². The number of hydrogen-bond acceptors (Lipinski definition) is 2. The molecule has 1 aromatic heterocycles. The van der Waals surface area contributed by atoms with E-state index in [0.717, 1.165) is 28.6 Å². The van der Waals surface area contributed by atoms with Crippen LogP contribution in [-0.2, 0) is 11.3 Å². The van der Waals surface area contributed by atoms with Crippen LogP contribution in [-0.4, -0.2) is 30.5 Å². The van der Waals surface area contributed by atoms with Crippen molar-refractivity contribution in [2.24, 2.45) is 0 Å². The van der Waals surface area contributed by atoms with Gasteiger partial charge in [0.05, 0.1) is 12.1 Å². The molecule has 0 radical (unpaired) electrons. The number of amides is 1. The van der Waals surface area contributed by atoms with Gasteiger partial charge in [0, 0.05) is 17.5 Å². The summed E-state index contributed by atoms with van der Waals surface area (Å²) in [6.07, 6.45) is 0. The van der Waals surface area contributed by atoms with Gasteiger partial charge in [-0.3, -0.25) is 4.79 Å². The predicted octanol–water partition coefficient (Wildman–Crippen LogP) is 2.05. The van der Waals surface area contributed by atoms with Crippen LogP contribution in [0.25, 0.3) is 10.9 Å². The SMILES string of the molecule is CCNC(=O)C[NH+](CC)Cc1cc2ccc(C)c(C)c2nc1Cl. The molecule has 0 saturated heterocycles. The lowest BCUT2D eigenvalue weighted by atomic mass is 10.0. The van der Waals surface area contributed by atoms with Gasteiger partial charge in [-0.05, 0) is 44.9 Å². The van der Waals surface area contributed by atoms with Crippen molar-refractivity contribution in [1.82, 2.24) is 10.3 Å². The maximum absolute atomic E-state index is 11.8. The lowest BCUT2D eigenvalue weighted by Crippen LogP contribution is -3.11. The first-order chi connectivity index (χ1) is 11.0. The molecule has 2 aromatic rings. The number of halogens is 1. The Morgan fingerprint density at radius 3 is 2.70 bits per heavy atom. The van der Waals surface area contributed by atoms with Crippen LogP contribution >= 0.6 is 11.6 Å². The number of aryl methyl sites for hydroxylation is 2. The third-order valence-electron chi connectivity index (χ3n) is 4.26. The minimum absolute atomic E-state index is 0.0701. The van der Waals surface area contributed by atoms with Crippen molar-refractivity contribution >= 4 is 28.4 Å². The number of benzene rings is 1. The Labute approximate surface area is 142 Å². The Morgan fingerprint density at radius 1 is 1.30 bits per heavy atom. The highest BCUT2D eigenvalue weighted by molar-refractivity contribution is 6.30. The molecule has 0 saturated carbocycles. The van der Waals surface area contributed by atoms with E-state index in [1.54, 1.807) is 0 Å². The molecule has 4 nitrogen and oxygen atoms in total. The van der Waals surface area contributed by atoms with Crippen LogP contribution in [0.15, 0.2) is 18.2 Å². The highest BCUT2D eigenvalue weighted by atomic mass is 35.5. The number of quaternary nitrogens is 1. The van der Waals surface area contributed by atoms with E-state index in [1.807, 2.05) is 6.92 Å². The van der Waals surface area contributed by atoms with Gasteiger partial charge < -0.3 is 10.2 Å². The fourth-order valence-electron chi connectivity index (χ4n) is 2.70. The number of pyridine rings is 1. The van der Waals surface area contributed by atoms with Crippen molar-refractivity contribution in [3.63, 3.8) is 0 Å². The zero-order chi connectivity index (χ0) is 17.0. The van der Waals surface area contributed by atoms with Gasteiger partial charge in [-0.15, -0.1) is 0 Å². The third kappa shape index (κ3) is 4.21. The summed E-state index contributed by atoms with van der Waals surface area (Å²) in [5, 5.41) is 4.48. The first-order valence-corrected chi connectivity index (χ1v) is 8.49. The van der Waals surface area contributed by atoms with Crippen LogP contribution in [0.3, 0.4) is 0 Å². The molecular weight excluding hydrogens is 310 g/mol. The fraction of sp³-hybridized carbons (Fsp3) is 0.444. The standard InChI is InChI=1S/C18H24ClN3O/c1-5-20-16(23)11-22(6-2)10-15-9-14-8-7-12(3)13(4)17(14)21-18(15)19/h7-9H,5-6,10-11H2,1-4H3,(H,20,23)/p+1. The largest absolute Gasteiger partial charge is 0.351 e. The molecule has 0 bridgehead atoms. The van der Waals surface area contributed by atoms with E-state index in [9.17, 15) is 4.79 Å². The van der Waals surface area contributed by atoms with Gasteiger partial charge in [-0.25, -0.2) is 4.98 Å². The molecule has 2 N–H and O–H groups in total. The van der Waals surface area contributed by atoms with Crippen LogP contribution in [0.2, 0.25) is 5.15 Å². The van der Waals surface area contributed by atoms with E-state index in [0.29, 0.717) is 24.8 Å². The first kappa shape index (κ1) is 17.7. The van der Waals surface area contributed by atoms with Crippen LogP contribution in [0.4, 0.5) is 0 Å². The van der Waals surface area contributed by atoms with E-state index in [4.69, 9.17) is 11.6 Å². The monoisotopic (exact) mass is 334 g/mol. The molecule has 1 aromatic carbocycles. The summed E-state index contributed by atoms with van der Waals surface area (Å²) >= 11 is 6.40. The number of carbonyl (C=O) groups excluding carboxylic acids is 1. The smallest absolute Gasteiger partial charge is 0.275 e. The van der Waals surface area contributed by atoms with Crippen molar-refractivity contribution in [2.45, 2.75) is 34.2 Å². The predicted molar refractivity (Wildman–Crippen MR) is 95.0 cm³/mol. The Bertz CT molecular complexity index is 715. The van der Waals surface area contributed by atoms with Crippen molar-refractivity contribution in [3.8, 4) is 0 Å².